The minimum absolute atomic E-state index is 0.106. The molecule has 5 heteroatoms. The highest BCUT2D eigenvalue weighted by atomic mass is 35.5. The molecular formula is C18H19ClN2O2. The van der Waals surface area contributed by atoms with Gasteiger partial charge in [-0.3, -0.25) is 4.79 Å². The Kier molecular flexibility index (Phi) is 5.28. The Balaban J connectivity index is 1.55. The molecule has 4 nitrogen and oxygen atoms in total. The monoisotopic (exact) mass is 330 g/mol. The molecule has 1 aliphatic rings. The number of ether oxygens (including phenoxy) is 1. The zero-order valence-electron chi connectivity index (χ0n) is 12.7. The first-order chi connectivity index (χ1) is 11.2. The van der Waals surface area contributed by atoms with Crippen molar-refractivity contribution in [2.45, 2.75) is 12.6 Å². The molecule has 1 fully saturated rings. The van der Waals surface area contributed by atoms with Crippen LogP contribution < -0.4 is 10.6 Å². The SMILES string of the molecule is O=C(NCc1ccc([C@@H]2CNCCO2)cc1)c1ccc(Cl)cc1. The average molecular weight is 331 g/mol. The number of hydrogen-bond donors (Lipinski definition) is 2. The third kappa shape index (κ3) is 4.32. The van der Waals surface area contributed by atoms with Crippen LogP contribution in [-0.2, 0) is 11.3 Å². The summed E-state index contributed by atoms with van der Waals surface area (Å²) in [4.78, 5) is 12.1. The standard InChI is InChI=1S/C18H19ClN2O2/c19-16-7-5-15(6-8-16)18(22)21-11-13-1-3-14(4-2-13)17-12-20-9-10-23-17/h1-8,17,20H,9-12H2,(H,21,22)/t17-/m0/s1. The molecule has 0 radical (unpaired) electrons. The summed E-state index contributed by atoms with van der Waals surface area (Å²) < 4.78 is 5.73. The van der Waals surface area contributed by atoms with Gasteiger partial charge in [0.1, 0.15) is 0 Å². The zero-order valence-corrected chi connectivity index (χ0v) is 13.5. The van der Waals surface area contributed by atoms with Gasteiger partial charge in [0.15, 0.2) is 0 Å². The summed E-state index contributed by atoms with van der Waals surface area (Å²) in [5.41, 5.74) is 2.82. The molecule has 0 unspecified atom stereocenters. The van der Waals surface area contributed by atoms with Crippen LogP contribution in [0.3, 0.4) is 0 Å². The van der Waals surface area contributed by atoms with Crippen molar-refractivity contribution in [2.75, 3.05) is 19.7 Å². The summed E-state index contributed by atoms with van der Waals surface area (Å²) in [5, 5.41) is 6.85. The second kappa shape index (κ2) is 7.59. The van der Waals surface area contributed by atoms with Crippen LogP contribution in [0.15, 0.2) is 48.5 Å². The predicted octanol–water partition coefficient (Wildman–Crippen LogP) is 2.93. The van der Waals surface area contributed by atoms with E-state index in [0.29, 0.717) is 17.1 Å². The third-order valence-corrected chi connectivity index (χ3v) is 4.09. The number of nitrogens with one attached hydrogen (secondary N) is 2. The number of halogens is 1. The fraction of sp³-hybridized carbons (Fsp3) is 0.278. The molecule has 1 saturated heterocycles. The van der Waals surface area contributed by atoms with Crippen molar-refractivity contribution in [2.24, 2.45) is 0 Å². The van der Waals surface area contributed by atoms with E-state index in [9.17, 15) is 4.79 Å². The highest BCUT2D eigenvalue weighted by molar-refractivity contribution is 6.30. The van der Waals surface area contributed by atoms with Gasteiger partial charge in [0.25, 0.3) is 5.91 Å². The number of rotatable bonds is 4. The number of carbonyl (C=O) groups is 1. The summed E-state index contributed by atoms with van der Waals surface area (Å²) in [5.74, 6) is -0.106. The van der Waals surface area contributed by atoms with Gasteiger partial charge in [-0.15, -0.1) is 0 Å². The fourth-order valence-electron chi connectivity index (χ4n) is 2.52. The molecular weight excluding hydrogens is 312 g/mol. The maximum Gasteiger partial charge on any atom is 0.251 e. The smallest absolute Gasteiger partial charge is 0.251 e. The topological polar surface area (TPSA) is 50.4 Å². The van der Waals surface area contributed by atoms with Gasteiger partial charge in [0.2, 0.25) is 0 Å². The zero-order chi connectivity index (χ0) is 16.1. The molecule has 0 aromatic heterocycles. The first-order valence-corrected chi connectivity index (χ1v) is 8.05. The van der Waals surface area contributed by atoms with Gasteiger partial charge in [-0.25, -0.2) is 0 Å². The number of benzene rings is 2. The highest BCUT2D eigenvalue weighted by Gasteiger charge is 2.15. The molecule has 2 aromatic carbocycles. The summed E-state index contributed by atoms with van der Waals surface area (Å²) in [6.07, 6.45) is 0.112. The minimum atomic E-state index is -0.106. The van der Waals surface area contributed by atoms with Crippen LogP contribution in [-0.4, -0.2) is 25.6 Å². The van der Waals surface area contributed by atoms with E-state index in [4.69, 9.17) is 16.3 Å². The Bertz CT molecular complexity index is 650. The van der Waals surface area contributed by atoms with E-state index in [2.05, 4.69) is 22.8 Å². The maximum atomic E-state index is 12.1. The number of amides is 1. The van der Waals surface area contributed by atoms with E-state index < -0.39 is 0 Å². The van der Waals surface area contributed by atoms with Gasteiger partial charge < -0.3 is 15.4 Å². The molecule has 2 N–H and O–H groups in total. The van der Waals surface area contributed by atoms with Crippen LogP contribution in [0.1, 0.15) is 27.6 Å². The molecule has 2 aromatic rings. The molecule has 1 aliphatic heterocycles. The van der Waals surface area contributed by atoms with Gasteiger partial charge >= 0.3 is 0 Å². The van der Waals surface area contributed by atoms with E-state index in [1.165, 1.54) is 0 Å². The van der Waals surface area contributed by atoms with Gasteiger partial charge in [-0.1, -0.05) is 35.9 Å². The Morgan fingerprint density at radius 2 is 1.91 bits per heavy atom. The highest BCUT2D eigenvalue weighted by Crippen LogP contribution is 2.19. The second-order valence-electron chi connectivity index (χ2n) is 5.49. The van der Waals surface area contributed by atoms with Crippen LogP contribution in [0.4, 0.5) is 0 Å². The van der Waals surface area contributed by atoms with Crippen LogP contribution in [0, 0.1) is 0 Å². The van der Waals surface area contributed by atoms with E-state index in [0.717, 1.165) is 30.8 Å². The van der Waals surface area contributed by atoms with Crippen molar-refractivity contribution in [3.63, 3.8) is 0 Å². The Labute approximate surface area is 140 Å². The van der Waals surface area contributed by atoms with Crippen molar-refractivity contribution in [1.82, 2.24) is 10.6 Å². The van der Waals surface area contributed by atoms with E-state index >= 15 is 0 Å². The van der Waals surface area contributed by atoms with Gasteiger partial charge in [-0.05, 0) is 35.4 Å². The van der Waals surface area contributed by atoms with Gasteiger partial charge in [0.05, 0.1) is 12.7 Å². The van der Waals surface area contributed by atoms with Crippen LogP contribution in [0.5, 0.6) is 0 Å². The lowest BCUT2D eigenvalue weighted by Gasteiger charge is -2.24. The molecule has 1 heterocycles. The Hall–Kier alpha value is -1.88. The molecule has 0 saturated carbocycles. The molecule has 120 valence electrons. The first-order valence-electron chi connectivity index (χ1n) is 7.67. The molecule has 1 atom stereocenters. The lowest BCUT2D eigenvalue weighted by molar-refractivity contribution is 0.0277. The number of carbonyl (C=O) groups excluding carboxylic acids is 1. The number of morpholine rings is 1. The molecule has 1 amide bonds. The second-order valence-corrected chi connectivity index (χ2v) is 5.93. The average Bonchev–Trinajstić information content (AvgIpc) is 2.61. The van der Waals surface area contributed by atoms with Crippen molar-refractivity contribution in [1.29, 1.82) is 0 Å². The molecule has 0 bridgehead atoms. The summed E-state index contributed by atoms with van der Waals surface area (Å²) >= 11 is 5.82. The van der Waals surface area contributed by atoms with Crippen LogP contribution in [0.25, 0.3) is 0 Å². The van der Waals surface area contributed by atoms with Crippen molar-refractivity contribution in [3.05, 3.63) is 70.2 Å². The number of hydrogen-bond acceptors (Lipinski definition) is 3. The fourth-order valence-corrected chi connectivity index (χ4v) is 2.64. The third-order valence-electron chi connectivity index (χ3n) is 3.84. The normalized spacial score (nSPS) is 17.7. The van der Waals surface area contributed by atoms with E-state index in [-0.39, 0.29) is 12.0 Å². The first kappa shape index (κ1) is 16.0. The summed E-state index contributed by atoms with van der Waals surface area (Å²) in [6.45, 7) is 2.98. The molecule has 0 spiro atoms. The summed E-state index contributed by atoms with van der Waals surface area (Å²) in [7, 11) is 0. The molecule has 23 heavy (non-hydrogen) atoms. The quantitative estimate of drug-likeness (QED) is 0.906. The van der Waals surface area contributed by atoms with Crippen molar-refractivity contribution >= 4 is 17.5 Å². The van der Waals surface area contributed by atoms with Gasteiger partial charge in [0, 0.05) is 30.2 Å². The minimum Gasteiger partial charge on any atom is -0.371 e. The van der Waals surface area contributed by atoms with Crippen LogP contribution >= 0.6 is 11.6 Å². The molecule has 0 aliphatic carbocycles. The Morgan fingerprint density at radius 3 is 2.57 bits per heavy atom. The van der Waals surface area contributed by atoms with Gasteiger partial charge in [-0.2, -0.15) is 0 Å². The van der Waals surface area contributed by atoms with Crippen LogP contribution in [0.2, 0.25) is 5.02 Å². The predicted molar refractivity (Wildman–Crippen MR) is 90.6 cm³/mol. The van der Waals surface area contributed by atoms with Crippen molar-refractivity contribution < 1.29 is 9.53 Å². The van der Waals surface area contributed by atoms with E-state index in [1.807, 2.05) is 12.1 Å². The Morgan fingerprint density at radius 1 is 1.17 bits per heavy atom. The molecule has 3 rings (SSSR count). The maximum absolute atomic E-state index is 12.1. The lowest BCUT2D eigenvalue weighted by Crippen LogP contribution is -2.33. The summed E-state index contributed by atoms with van der Waals surface area (Å²) in [6, 6.07) is 15.0. The lowest BCUT2D eigenvalue weighted by atomic mass is 10.1. The largest absolute Gasteiger partial charge is 0.371 e. The van der Waals surface area contributed by atoms with E-state index in [1.54, 1.807) is 24.3 Å². The van der Waals surface area contributed by atoms with Crippen molar-refractivity contribution in [3.8, 4) is 0 Å².